The second kappa shape index (κ2) is 6.93. The van der Waals surface area contributed by atoms with Gasteiger partial charge in [-0.2, -0.15) is 0 Å². The summed E-state index contributed by atoms with van der Waals surface area (Å²) < 4.78 is 0.638. The molecule has 4 nitrogen and oxygen atoms in total. The summed E-state index contributed by atoms with van der Waals surface area (Å²) >= 11 is 8.99. The molecule has 17 heavy (non-hydrogen) atoms. The summed E-state index contributed by atoms with van der Waals surface area (Å²) in [6.45, 7) is 2.06. The molecule has 0 aliphatic rings. The van der Waals surface area contributed by atoms with Crippen molar-refractivity contribution in [1.29, 1.82) is 0 Å². The lowest BCUT2D eigenvalue weighted by atomic mass is 10.1. The van der Waals surface area contributed by atoms with Crippen LogP contribution in [0.3, 0.4) is 0 Å². The predicted molar refractivity (Wildman–Crippen MR) is 73.1 cm³/mol. The van der Waals surface area contributed by atoms with Crippen molar-refractivity contribution in [3.63, 3.8) is 0 Å². The van der Waals surface area contributed by atoms with Crippen LogP contribution < -0.4 is 11.1 Å². The maximum absolute atomic E-state index is 11.7. The molecule has 0 aliphatic heterocycles. The Labute approximate surface area is 114 Å². The Morgan fingerprint density at radius 1 is 1.71 bits per heavy atom. The van der Waals surface area contributed by atoms with Crippen molar-refractivity contribution >= 4 is 39.1 Å². The van der Waals surface area contributed by atoms with Gasteiger partial charge in [-0.05, 0) is 28.4 Å². The van der Waals surface area contributed by atoms with Gasteiger partial charge in [0.2, 0.25) is 5.91 Å². The topological polar surface area (TPSA) is 68.0 Å². The molecule has 1 rings (SSSR count). The molecule has 1 heterocycles. The number of amides is 1. The van der Waals surface area contributed by atoms with Crippen molar-refractivity contribution in [1.82, 2.24) is 4.98 Å². The molecule has 1 unspecified atom stereocenters. The van der Waals surface area contributed by atoms with Gasteiger partial charge in [0.05, 0.1) is 22.4 Å². The third kappa shape index (κ3) is 4.61. The van der Waals surface area contributed by atoms with Crippen LogP contribution in [0.5, 0.6) is 0 Å². The molecule has 1 aromatic heterocycles. The smallest absolute Gasteiger partial charge is 0.241 e. The van der Waals surface area contributed by atoms with Gasteiger partial charge in [-0.3, -0.25) is 4.79 Å². The second-order valence-electron chi connectivity index (χ2n) is 3.73. The first-order valence-electron chi connectivity index (χ1n) is 5.42. The molecule has 3 N–H and O–H groups in total. The molecule has 0 spiro atoms. The summed E-state index contributed by atoms with van der Waals surface area (Å²) in [5, 5.41) is 3.06. The van der Waals surface area contributed by atoms with Gasteiger partial charge in [-0.15, -0.1) is 0 Å². The zero-order valence-corrected chi connectivity index (χ0v) is 11.9. The normalized spacial score (nSPS) is 12.2. The molecular formula is C11H15BrClN3O. The maximum atomic E-state index is 11.7. The van der Waals surface area contributed by atoms with Crippen LogP contribution in [0.1, 0.15) is 26.2 Å². The van der Waals surface area contributed by atoms with Crippen LogP contribution in [-0.4, -0.2) is 16.9 Å². The first-order chi connectivity index (χ1) is 8.04. The second-order valence-corrected chi connectivity index (χ2v) is 4.95. The first-order valence-corrected chi connectivity index (χ1v) is 6.59. The third-order valence-corrected chi connectivity index (χ3v) is 3.40. The molecule has 0 radical (unpaired) electrons. The van der Waals surface area contributed by atoms with E-state index in [-0.39, 0.29) is 5.91 Å². The van der Waals surface area contributed by atoms with E-state index in [4.69, 9.17) is 17.3 Å². The molecule has 0 aliphatic carbocycles. The highest BCUT2D eigenvalue weighted by atomic mass is 79.9. The standard InChI is InChI=1S/C11H15BrClN3O/c1-2-3-4-9(14)11(17)16-7-5-8(12)10(13)15-6-7/h5-6,9H,2-4,14H2,1H3,(H,16,17). The summed E-state index contributed by atoms with van der Waals surface area (Å²) in [5.74, 6) is -0.200. The van der Waals surface area contributed by atoms with Crippen molar-refractivity contribution in [2.75, 3.05) is 5.32 Å². The van der Waals surface area contributed by atoms with E-state index < -0.39 is 6.04 Å². The molecule has 1 aromatic rings. The van der Waals surface area contributed by atoms with Gasteiger partial charge < -0.3 is 11.1 Å². The number of hydrogen-bond acceptors (Lipinski definition) is 3. The summed E-state index contributed by atoms with van der Waals surface area (Å²) in [7, 11) is 0. The average Bonchev–Trinajstić information content (AvgIpc) is 2.30. The Bertz CT molecular complexity index is 400. The number of pyridine rings is 1. The molecule has 0 saturated carbocycles. The van der Waals surface area contributed by atoms with Crippen LogP contribution >= 0.6 is 27.5 Å². The van der Waals surface area contributed by atoms with Gasteiger partial charge in [0.25, 0.3) is 0 Å². The summed E-state index contributed by atoms with van der Waals surface area (Å²) in [4.78, 5) is 15.6. The fourth-order valence-electron chi connectivity index (χ4n) is 1.28. The number of nitrogens with zero attached hydrogens (tertiary/aromatic N) is 1. The summed E-state index contributed by atoms with van der Waals surface area (Å²) in [5.41, 5.74) is 6.33. The van der Waals surface area contributed by atoms with E-state index in [9.17, 15) is 4.79 Å². The highest BCUT2D eigenvalue weighted by Crippen LogP contribution is 2.22. The van der Waals surface area contributed by atoms with E-state index in [1.54, 1.807) is 6.07 Å². The van der Waals surface area contributed by atoms with Gasteiger partial charge in [-0.1, -0.05) is 31.4 Å². The Kier molecular flexibility index (Phi) is 5.88. The van der Waals surface area contributed by atoms with Crippen LogP contribution in [0.15, 0.2) is 16.7 Å². The number of unbranched alkanes of at least 4 members (excludes halogenated alkanes) is 1. The minimum atomic E-state index is -0.482. The third-order valence-electron chi connectivity index (χ3n) is 2.27. The number of nitrogens with one attached hydrogen (secondary N) is 1. The molecular weight excluding hydrogens is 305 g/mol. The van der Waals surface area contributed by atoms with Crippen molar-refractivity contribution in [2.45, 2.75) is 32.2 Å². The molecule has 1 atom stereocenters. The highest BCUT2D eigenvalue weighted by Gasteiger charge is 2.13. The van der Waals surface area contributed by atoms with Gasteiger partial charge in [0, 0.05) is 0 Å². The quantitative estimate of drug-likeness (QED) is 0.820. The van der Waals surface area contributed by atoms with Crippen LogP contribution in [0.4, 0.5) is 5.69 Å². The SMILES string of the molecule is CCCCC(N)C(=O)Nc1cnc(Cl)c(Br)c1. The number of rotatable bonds is 5. The largest absolute Gasteiger partial charge is 0.323 e. The monoisotopic (exact) mass is 319 g/mol. The van der Waals surface area contributed by atoms with Gasteiger partial charge in [-0.25, -0.2) is 4.98 Å². The molecule has 1 amide bonds. The number of carbonyl (C=O) groups excluding carboxylic acids is 1. The lowest BCUT2D eigenvalue weighted by molar-refractivity contribution is -0.117. The lowest BCUT2D eigenvalue weighted by Gasteiger charge is -2.11. The van der Waals surface area contributed by atoms with Crippen LogP contribution in [-0.2, 0) is 4.79 Å². The molecule has 0 saturated heterocycles. The van der Waals surface area contributed by atoms with Gasteiger partial charge in [0.15, 0.2) is 0 Å². The number of carbonyl (C=O) groups is 1. The summed E-state index contributed by atoms with van der Waals surface area (Å²) in [6.07, 6.45) is 4.15. The molecule has 94 valence electrons. The molecule has 0 aromatic carbocycles. The minimum Gasteiger partial charge on any atom is -0.323 e. The maximum Gasteiger partial charge on any atom is 0.241 e. The molecule has 0 bridgehead atoms. The van der Waals surface area contributed by atoms with E-state index in [2.05, 4.69) is 33.2 Å². The predicted octanol–water partition coefficient (Wildman–Crippen LogP) is 2.95. The number of hydrogen-bond donors (Lipinski definition) is 2. The van der Waals surface area contributed by atoms with Crippen molar-refractivity contribution < 1.29 is 4.79 Å². The minimum absolute atomic E-state index is 0.200. The fraction of sp³-hybridized carbons (Fsp3) is 0.455. The Morgan fingerprint density at radius 3 is 3.00 bits per heavy atom. The Morgan fingerprint density at radius 2 is 2.41 bits per heavy atom. The summed E-state index contributed by atoms with van der Waals surface area (Å²) in [6, 6.07) is 1.21. The van der Waals surface area contributed by atoms with E-state index in [0.29, 0.717) is 21.7 Å². The van der Waals surface area contributed by atoms with Crippen molar-refractivity contribution in [3.05, 3.63) is 21.9 Å². The molecule has 6 heteroatoms. The highest BCUT2D eigenvalue weighted by molar-refractivity contribution is 9.10. The number of nitrogens with two attached hydrogens (primary N) is 1. The van der Waals surface area contributed by atoms with E-state index in [1.807, 2.05) is 0 Å². The number of halogens is 2. The zero-order valence-electron chi connectivity index (χ0n) is 9.54. The van der Waals surface area contributed by atoms with Gasteiger partial charge >= 0.3 is 0 Å². The van der Waals surface area contributed by atoms with E-state index >= 15 is 0 Å². The Hall–Kier alpha value is -0.650. The van der Waals surface area contributed by atoms with Gasteiger partial charge in [0.1, 0.15) is 5.15 Å². The van der Waals surface area contributed by atoms with Crippen molar-refractivity contribution in [3.8, 4) is 0 Å². The van der Waals surface area contributed by atoms with Crippen LogP contribution in [0.2, 0.25) is 5.15 Å². The lowest BCUT2D eigenvalue weighted by Crippen LogP contribution is -2.35. The van der Waals surface area contributed by atoms with E-state index in [0.717, 1.165) is 12.8 Å². The van der Waals surface area contributed by atoms with Crippen molar-refractivity contribution in [2.24, 2.45) is 5.73 Å². The number of aromatic nitrogens is 1. The van der Waals surface area contributed by atoms with Crippen LogP contribution in [0.25, 0.3) is 0 Å². The first kappa shape index (κ1) is 14.4. The van der Waals surface area contributed by atoms with Crippen LogP contribution in [0, 0.1) is 0 Å². The average molecular weight is 321 g/mol. The zero-order chi connectivity index (χ0) is 12.8. The van der Waals surface area contributed by atoms with E-state index in [1.165, 1.54) is 6.20 Å². The molecule has 0 fully saturated rings. The fourth-order valence-corrected chi connectivity index (χ4v) is 1.73. The Balaban J connectivity index is 2.58. The number of anilines is 1.